The van der Waals surface area contributed by atoms with E-state index in [-0.39, 0.29) is 5.91 Å². The summed E-state index contributed by atoms with van der Waals surface area (Å²) < 4.78 is 0. The number of nitrogens with one attached hydrogen (secondary N) is 1. The lowest BCUT2D eigenvalue weighted by Gasteiger charge is -2.03. The number of rotatable bonds is 4. The molecule has 0 aliphatic rings. The summed E-state index contributed by atoms with van der Waals surface area (Å²) in [5.74, 6) is 0.0244. The Labute approximate surface area is 127 Å². The van der Waals surface area contributed by atoms with Gasteiger partial charge in [-0.2, -0.15) is 0 Å². The molecule has 0 fully saturated rings. The number of fused-ring (bicyclic) bond motifs is 1. The molecule has 3 nitrogen and oxygen atoms in total. The van der Waals surface area contributed by atoms with Crippen molar-refractivity contribution in [2.45, 2.75) is 19.8 Å². The SMILES string of the molecule is CCCC(=O)Nc1nc(-c2cccc3ccccc23)cs1. The van der Waals surface area contributed by atoms with Gasteiger partial charge in [0.25, 0.3) is 0 Å². The van der Waals surface area contributed by atoms with Crippen molar-refractivity contribution in [2.24, 2.45) is 0 Å². The molecule has 0 aliphatic heterocycles. The van der Waals surface area contributed by atoms with Gasteiger partial charge in [-0.25, -0.2) is 4.98 Å². The highest BCUT2D eigenvalue weighted by atomic mass is 32.1. The average Bonchev–Trinajstić information content (AvgIpc) is 2.95. The largest absolute Gasteiger partial charge is 0.302 e. The van der Waals surface area contributed by atoms with Gasteiger partial charge >= 0.3 is 0 Å². The van der Waals surface area contributed by atoms with Crippen molar-refractivity contribution in [3.8, 4) is 11.3 Å². The normalized spacial score (nSPS) is 10.7. The Morgan fingerprint density at radius 1 is 1.19 bits per heavy atom. The zero-order valence-corrected chi connectivity index (χ0v) is 12.6. The van der Waals surface area contributed by atoms with Crippen LogP contribution in [0.1, 0.15) is 19.8 Å². The van der Waals surface area contributed by atoms with Crippen LogP contribution in [0.2, 0.25) is 0 Å². The summed E-state index contributed by atoms with van der Waals surface area (Å²) in [4.78, 5) is 16.2. The minimum atomic E-state index is 0.0244. The Bertz CT molecular complexity index is 774. The van der Waals surface area contributed by atoms with E-state index >= 15 is 0 Å². The second kappa shape index (κ2) is 6.06. The van der Waals surface area contributed by atoms with Gasteiger partial charge in [-0.05, 0) is 17.2 Å². The van der Waals surface area contributed by atoms with Crippen LogP contribution in [-0.4, -0.2) is 10.9 Å². The van der Waals surface area contributed by atoms with Gasteiger partial charge in [0.05, 0.1) is 5.69 Å². The van der Waals surface area contributed by atoms with Crippen LogP contribution >= 0.6 is 11.3 Å². The number of hydrogen-bond acceptors (Lipinski definition) is 3. The molecule has 0 aliphatic carbocycles. The molecular formula is C17H16N2OS. The molecule has 106 valence electrons. The maximum absolute atomic E-state index is 11.6. The molecular weight excluding hydrogens is 280 g/mol. The Hall–Kier alpha value is -2.20. The van der Waals surface area contributed by atoms with E-state index in [0.717, 1.165) is 17.7 Å². The van der Waals surface area contributed by atoms with E-state index in [2.05, 4.69) is 34.6 Å². The number of carbonyl (C=O) groups excluding carboxylic acids is 1. The molecule has 0 saturated carbocycles. The highest BCUT2D eigenvalue weighted by Crippen LogP contribution is 2.30. The van der Waals surface area contributed by atoms with E-state index < -0.39 is 0 Å². The van der Waals surface area contributed by atoms with Crippen LogP contribution in [0.15, 0.2) is 47.8 Å². The van der Waals surface area contributed by atoms with Crippen LogP contribution in [0.25, 0.3) is 22.0 Å². The van der Waals surface area contributed by atoms with E-state index in [0.29, 0.717) is 11.6 Å². The maximum atomic E-state index is 11.6. The molecule has 0 radical (unpaired) electrons. The second-order valence-electron chi connectivity index (χ2n) is 4.86. The van der Waals surface area contributed by atoms with Crippen molar-refractivity contribution < 1.29 is 4.79 Å². The summed E-state index contributed by atoms with van der Waals surface area (Å²) in [6.45, 7) is 1.99. The molecule has 1 amide bonds. The molecule has 0 spiro atoms. The second-order valence-corrected chi connectivity index (χ2v) is 5.72. The minimum absolute atomic E-state index is 0.0244. The summed E-state index contributed by atoms with van der Waals surface area (Å²) in [5.41, 5.74) is 2.00. The zero-order valence-electron chi connectivity index (χ0n) is 11.8. The fraction of sp³-hybridized carbons (Fsp3) is 0.176. The molecule has 3 aromatic rings. The van der Waals surface area contributed by atoms with Gasteiger partial charge in [0.15, 0.2) is 5.13 Å². The predicted octanol–water partition coefficient (Wildman–Crippen LogP) is 4.70. The molecule has 1 heterocycles. The van der Waals surface area contributed by atoms with E-state index in [1.54, 1.807) is 0 Å². The molecule has 21 heavy (non-hydrogen) atoms. The molecule has 3 rings (SSSR count). The van der Waals surface area contributed by atoms with Crippen LogP contribution < -0.4 is 5.32 Å². The number of amides is 1. The lowest BCUT2D eigenvalue weighted by Crippen LogP contribution is -2.10. The Morgan fingerprint density at radius 3 is 2.86 bits per heavy atom. The minimum Gasteiger partial charge on any atom is -0.302 e. The summed E-state index contributed by atoms with van der Waals surface area (Å²) >= 11 is 1.46. The Balaban J connectivity index is 1.93. The lowest BCUT2D eigenvalue weighted by atomic mass is 10.0. The summed E-state index contributed by atoms with van der Waals surface area (Å²) in [6, 6.07) is 14.4. The average molecular weight is 296 g/mol. The molecule has 1 N–H and O–H groups in total. The van der Waals surface area contributed by atoms with Crippen molar-refractivity contribution in [3.05, 3.63) is 47.8 Å². The van der Waals surface area contributed by atoms with Gasteiger partial charge in [-0.3, -0.25) is 4.79 Å². The lowest BCUT2D eigenvalue weighted by molar-refractivity contribution is -0.116. The van der Waals surface area contributed by atoms with Crippen LogP contribution in [0, 0.1) is 0 Å². The van der Waals surface area contributed by atoms with E-state index in [1.165, 1.54) is 22.1 Å². The number of hydrogen-bond donors (Lipinski definition) is 1. The molecule has 1 aromatic heterocycles. The van der Waals surface area contributed by atoms with Gasteiger partial charge in [-0.15, -0.1) is 11.3 Å². The first kappa shape index (κ1) is 13.8. The van der Waals surface area contributed by atoms with Gasteiger partial charge in [0, 0.05) is 17.4 Å². The molecule has 0 saturated heterocycles. The summed E-state index contributed by atoms with van der Waals surface area (Å²) in [6.07, 6.45) is 1.37. The van der Waals surface area contributed by atoms with Gasteiger partial charge in [-0.1, -0.05) is 49.4 Å². The molecule has 0 atom stereocenters. The first-order valence-electron chi connectivity index (χ1n) is 7.01. The molecule has 2 aromatic carbocycles. The Kier molecular flexibility index (Phi) is 3.97. The smallest absolute Gasteiger partial charge is 0.226 e. The van der Waals surface area contributed by atoms with Crippen molar-refractivity contribution in [1.82, 2.24) is 4.98 Å². The van der Waals surface area contributed by atoms with Crippen LogP contribution in [0.4, 0.5) is 5.13 Å². The quantitative estimate of drug-likeness (QED) is 0.758. The van der Waals surface area contributed by atoms with E-state index in [1.807, 2.05) is 30.5 Å². The van der Waals surface area contributed by atoms with E-state index in [9.17, 15) is 4.79 Å². The predicted molar refractivity (Wildman–Crippen MR) is 88.6 cm³/mol. The Morgan fingerprint density at radius 2 is 2.00 bits per heavy atom. The number of aromatic nitrogens is 1. The fourth-order valence-electron chi connectivity index (χ4n) is 2.31. The van der Waals surface area contributed by atoms with Crippen molar-refractivity contribution in [2.75, 3.05) is 5.32 Å². The van der Waals surface area contributed by atoms with E-state index in [4.69, 9.17) is 0 Å². The van der Waals surface area contributed by atoms with Gasteiger partial charge < -0.3 is 5.32 Å². The van der Waals surface area contributed by atoms with Gasteiger partial charge in [0.2, 0.25) is 5.91 Å². The van der Waals surface area contributed by atoms with Crippen LogP contribution in [0.5, 0.6) is 0 Å². The third kappa shape index (κ3) is 2.95. The highest BCUT2D eigenvalue weighted by molar-refractivity contribution is 7.14. The zero-order chi connectivity index (χ0) is 14.7. The summed E-state index contributed by atoms with van der Waals surface area (Å²) in [5, 5.41) is 7.87. The van der Waals surface area contributed by atoms with Gasteiger partial charge in [0.1, 0.15) is 0 Å². The molecule has 4 heteroatoms. The van der Waals surface area contributed by atoms with Crippen molar-refractivity contribution in [1.29, 1.82) is 0 Å². The highest BCUT2D eigenvalue weighted by Gasteiger charge is 2.09. The maximum Gasteiger partial charge on any atom is 0.226 e. The summed E-state index contributed by atoms with van der Waals surface area (Å²) in [7, 11) is 0. The third-order valence-electron chi connectivity index (χ3n) is 3.29. The number of benzene rings is 2. The topological polar surface area (TPSA) is 42.0 Å². The van der Waals surface area contributed by atoms with Crippen molar-refractivity contribution >= 4 is 33.1 Å². The number of carbonyl (C=O) groups is 1. The first-order chi connectivity index (χ1) is 10.3. The third-order valence-corrected chi connectivity index (χ3v) is 4.05. The number of nitrogens with zero attached hydrogens (tertiary/aromatic N) is 1. The van der Waals surface area contributed by atoms with Crippen molar-refractivity contribution in [3.63, 3.8) is 0 Å². The number of thiazole rings is 1. The standard InChI is InChI=1S/C17H16N2OS/c1-2-6-16(20)19-17-18-15(11-21-17)14-10-5-8-12-7-3-4-9-13(12)14/h3-5,7-11H,2,6H2,1H3,(H,18,19,20). The van der Waals surface area contributed by atoms with Crippen LogP contribution in [0.3, 0.4) is 0 Å². The molecule has 0 unspecified atom stereocenters. The molecule has 0 bridgehead atoms. The monoisotopic (exact) mass is 296 g/mol. The van der Waals surface area contributed by atoms with Crippen LogP contribution in [-0.2, 0) is 4.79 Å². The first-order valence-corrected chi connectivity index (χ1v) is 7.89. The number of anilines is 1. The fourth-order valence-corrected chi connectivity index (χ4v) is 3.04.